The zero-order chi connectivity index (χ0) is 20.4. The molecule has 0 radical (unpaired) electrons. The lowest BCUT2D eigenvalue weighted by Crippen LogP contribution is -2.17. The normalized spacial score (nSPS) is 13.1. The number of nitrogens with zero attached hydrogens (tertiary/aromatic N) is 4. The predicted molar refractivity (Wildman–Crippen MR) is 101 cm³/mol. The molecule has 1 amide bonds. The van der Waals surface area contributed by atoms with Crippen LogP contribution in [0.15, 0.2) is 35.0 Å². The van der Waals surface area contributed by atoms with Gasteiger partial charge in [0.05, 0.1) is 22.3 Å². The highest BCUT2D eigenvalue weighted by Crippen LogP contribution is 2.28. The van der Waals surface area contributed by atoms with E-state index in [0.29, 0.717) is 28.3 Å². The molecular formula is C19H18ClN5O3. The van der Waals surface area contributed by atoms with Gasteiger partial charge in [-0.15, -0.1) is 0 Å². The van der Waals surface area contributed by atoms with E-state index in [1.54, 1.807) is 29.1 Å². The molecule has 0 aliphatic rings. The molecule has 3 rings (SSSR count). The van der Waals surface area contributed by atoms with Gasteiger partial charge in [0.25, 0.3) is 5.91 Å². The molecule has 0 aliphatic carbocycles. The second-order valence-corrected chi connectivity index (χ2v) is 6.86. The van der Waals surface area contributed by atoms with Gasteiger partial charge in [0.2, 0.25) is 0 Å². The van der Waals surface area contributed by atoms with E-state index in [-0.39, 0.29) is 17.5 Å². The maximum atomic E-state index is 11.6. The third-order valence-electron chi connectivity index (χ3n) is 4.38. The van der Waals surface area contributed by atoms with Crippen LogP contribution in [0.3, 0.4) is 0 Å². The summed E-state index contributed by atoms with van der Waals surface area (Å²) in [5.41, 5.74) is 7.70. The standard InChI is InChI=1S/C19H18ClN5O3/c1-10(7-14-17(19(22)27)24-28-18(14)11(2)26)25-6-5-16(23-25)12-3-4-13(9-21)15(20)8-12/h3-6,8,10-11,26H,7H2,1-2H3,(H2,22,27)/t10-,11?/m0/s1. The van der Waals surface area contributed by atoms with E-state index in [1.165, 1.54) is 6.92 Å². The number of nitriles is 1. The summed E-state index contributed by atoms with van der Waals surface area (Å²) in [7, 11) is 0. The Balaban J connectivity index is 1.87. The van der Waals surface area contributed by atoms with Crippen molar-refractivity contribution in [2.75, 3.05) is 0 Å². The van der Waals surface area contributed by atoms with E-state index in [4.69, 9.17) is 27.1 Å². The number of hydrogen-bond donors (Lipinski definition) is 2. The van der Waals surface area contributed by atoms with Gasteiger partial charge in [-0.3, -0.25) is 9.48 Å². The first kappa shape index (κ1) is 19.6. The number of aromatic nitrogens is 3. The van der Waals surface area contributed by atoms with Crippen LogP contribution in [-0.4, -0.2) is 26.0 Å². The van der Waals surface area contributed by atoms with Crippen molar-refractivity contribution in [2.45, 2.75) is 32.4 Å². The molecule has 9 heteroatoms. The van der Waals surface area contributed by atoms with Crippen LogP contribution in [0.25, 0.3) is 11.3 Å². The number of aliphatic hydroxyl groups is 1. The summed E-state index contributed by atoms with van der Waals surface area (Å²) in [5, 5.41) is 27.4. The molecule has 28 heavy (non-hydrogen) atoms. The molecule has 2 aromatic heterocycles. The van der Waals surface area contributed by atoms with Crippen molar-refractivity contribution in [2.24, 2.45) is 5.73 Å². The highest BCUT2D eigenvalue weighted by molar-refractivity contribution is 6.32. The Hall–Kier alpha value is -3.15. The molecule has 0 bridgehead atoms. The van der Waals surface area contributed by atoms with Gasteiger partial charge in [-0.05, 0) is 32.0 Å². The van der Waals surface area contributed by atoms with Crippen molar-refractivity contribution in [3.63, 3.8) is 0 Å². The first-order chi connectivity index (χ1) is 13.3. The number of rotatable bonds is 6. The highest BCUT2D eigenvalue weighted by atomic mass is 35.5. The monoisotopic (exact) mass is 399 g/mol. The van der Waals surface area contributed by atoms with E-state index >= 15 is 0 Å². The largest absolute Gasteiger partial charge is 0.385 e. The number of hydrogen-bond acceptors (Lipinski definition) is 6. The predicted octanol–water partition coefficient (Wildman–Crippen LogP) is 3.02. The topological polar surface area (TPSA) is 131 Å². The summed E-state index contributed by atoms with van der Waals surface area (Å²) in [4.78, 5) is 11.6. The highest BCUT2D eigenvalue weighted by Gasteiger charge is 2.25. The lowest BCUT2D eigenvalue weighted by Gasteiger charge is -2.13. The number of amides is 1. The zero-order valence-corrected chi connectivity index (χ0v) is 16.0. The van der Waals surface area contributed by atoms with Crippen LogP contribution in [0.1, 0.15) is 53.4 Å². The van der Waals surface area contributed by atoms with Gasteiger partial charge in [-0.2, -0.15) is 10.4 Å². The molecule has 0 saturated carbocycles. The van der Waals surface area contributed by atoms with E-state index < -0.39 is 12.0 Å². The minimum Gasteiger partial charge on any atom is -0.385 e. The van der Waals surface area contributed by atoms with E-state index in [2.05, 4.69) is 10.3 Å². The Morgan fingerprint density at radius 1 is 1.43 bits per heavy atom. The quantitative estimate of drug-likeness (QED) is 0.654. The third kappa shape index (κ3) is 3.76. The molecule has 0 aliphatic heterocycles. The number of carbonyl (C=O) groups is 1. The fourth-order valence-electron chi connectivity index (χ4n) is 2.93. The minimum atomic E-state index is -0.920. The molecule has 1 unspecified atom stereocenters. The molecule has 3 N–H and O–H groups in total. The molecule has 0 saturated heterocycles. The van der Waals surface area contributed by atoms with Gasteiger partial charge in [0.1, 0.15) is 12.2 Å². The Bertz CT molecular complexity index is 1060. The molecule has 8 nitrogen and oxygen atoms in total. The van der Waals surface area contributed by atoms with E-state index in [9.17, 15) is 9.90 Å². The summed E-state index contributed by atoms with van der Waals surface area (Å²) in [6.07, 6.45) is 1.22. The minimum absolute atomic E-state index is 0.00834. The summed E-state index contributed by atoms with van der Waals surface area (Å²) in [6.45, 7) is 3.44. The van der Waals surface area contributed by atoms with Crippen LogP contribution < -0.4 is 5.73 Å². The summed E-state index contributed by atoms with van der Waals surface area (Å²) < 4.78 is 6.82. The smallest absolute Gasteiger partial charge is 0.271 e. The number of benzene rings is 1. The second-order valence-electron chi connectivity index (χ2n) is 6.45. The van der Waals surface area contributed by atoms with Gasteiger partial charge < -0.3 is 15.4 Å². The maximum Gasteiger partial charge on any atom is 0.271 e. The average Bonchev–Trinajstić information content (AvgIpc) is 3.29. The first-order valence-corrected chi connectivity index (χ1v) is 8.91. The van der Waals surface area contributed by atoms with Gasteiger partial charge in [-0.25, -0.2) is 0 Å². The summed E-state index contributed by atoms with van der Waals surface area (Å²) in [5.74, 6) is -0.502. The van der Waals surface area contributed by atoms with Crippen LogP contribution >= 0.6 is 11.6 Å². The van der Waals surface area contributed by atoms with Crippen LogP contribution in [0.2, 0.25) is 5.02 Å². The third-order valence-corrected chi connectivity index (χ3v) is 4.69. The lowest BCUT2D eigenvalue weighted by atomic mass is 10.0. The van der Waals surface area contributed by atoms with Gasteiger partial charge in [0, 0.05) is 23.7 Å². The van der Waals surface area contributed by atoms with Crippen molar-refractivity contribution in [1.29, 1.82) is 5.26 Å². The number of primary amides is 1. The van der Waals surface area contributed by atoms with Crippen LogP contribution in [0, 0.1) is 11.3 Å². The number of halogens is 1. The molecular weight excluding hydrogens is 382 g/mol. The fourth-order valence-corrected chi connectivity index (χ4v) is 3.16. The maximum absolute atomic E-state index is 11.6. The second kappa shape index (κ2) is 7.84. The number of carbonyl (C=O) groups excluding carboxylic acids is 1. The van der Waals surface area contributed by atoms with Crippen LogP contribution in [0.5, 0.6) is 0 Å². The molecule has 3 aromatic rings. The molecule has 0 fully saturated rings. The van der Waals surface area contributed by atoms with Gasteiger partial charge in [-0.1, -0.05) is 22.8 Å². The van der Waals surface area contributed by atoms with Crippen LogP contribution in [-0.2, 0) is 6.42 Å². The van der Waals surface area contributed by atoms with E-state index in [0.717, 1.165) is 5.56 Å². The Labute approximate surface area is 166 Å². The fraction of sp³-hybridized carbons (Fsp3) is 0.263. The molecule has 1 aromatic carbocycles. The number of aliphatic hydroxyl groups excluding tert-OH is 1. The van der Waals surface area contributed by atoms with Gasteiger partial charge >= 0.3 is 0 Å². The van der Waals surface area contributed by atoms with Crippen molar-refractivity contribution >= 4 is 17.5 Å². The van der Waals surface area contributed by atoms with Gasteiger partial charge in [0.15, 0.2) is 11.5 Å². The number of nitrogens with two attached hydrogens (primary N) is 1. The SMILES string of the molecule is CC(O)c1onc(C(N)=O)c1C[C@H](C)n1ccc(-c2ccc(C#N)c(Cl)c2)n1. The summed E-state index contributed by atoms with van der Waals surface area (Å²) >= 11 is 6.10. The van der Waals surface area contributed by atoms with Crippen LogP contribution in [0.4, 0.5) is 0 Å². The van der Waals surface area contributed by atoms with Crippen molar-refractivity contribution in [3.8, 4) is 17.3 Å². The average molecular weight is 400 g/mol. The first-order valence-electron chi connectivity index (χ1n) is 8.53. The lowest BCUT2D eigenvalue weighted by molar-refractivity contribution is 0.0989. The Morgan fingerprint density at radius 3 is 2.79 bits per heavy atom. The van der Waals surface area contributed by atoms with Crippen molar-refractivity contribution < 1.29 is 14.4 Å². The summed E-state index contributed by atoms with van der Waals surface area (Å²) in [6, 6.07) is 8.79. The zero-order valence-electron chi connectivity index (χ0n) is 15.3. The molecule has 2 heterocycles. The van der Waals surface area contributed by atoms with Crippen molar-refractivity contribution in [3.05, 3.63) is 58.1 Å². The Kier molecular flexibility index (Phi) is 5.49. The molecule has 0 spiro atoms. The molecule has 2 atom stereocenters. The van der Waals surface area contributed by atoms with E-state index in [1.807, 2.05) is 19.1 Å². The Morgan fingerprint density at radius 2 is 2.18 bits per heavy atom. The van der Waals surface area contributed by atoms with Crippen molar-refractivity contribution in [1.82, 2.24) is 14.9 Å². The molecule has 144 valence electrons.